The molecule has 2 unspecified atom stereocenters. The van der Waals surface area contributed by atoms with E-state index in [2.05, 4.69) is 0 Å². The standard InChI is InChI=1S/C14H12O3.C14H12O2/c15-12-8-6-11(7-9-12)14(17)13(16)10-4-2-1-3-5-10;15-13(11-7-3-1-4-8-11)14(16)12-9-5-2-6-10-12/h1-9,13,15-16H;1-10,13,15H. The molecule has 4 rings (SSSR count). The maximum absolute atomic E-state index is 11.9. The molecule has 0 aliphatic heterocycles. The van der Waals surface area contributed by atoms with Gasteiger partial charge in [0.15, 0.2) is 11.6 Å². The summed E-state index contributed by atoms with van der Waals surface area (Å²) >= 11 is 0. The maximum Gasteiger partial charge on any atom is 0.195 e. The molecule has 2 atom stereocenters. The summed E-state index contributed by atoms with van der Waals surface area (Å²) in [6.45, 7) is 0. The van der Waals surface area contributed by atoms with E-state index in [0.717, 1.165) is 0 Å². The van der Waals surface area contributed by atoms with Crippen LogP contribution in [0.4, 0.5) is 0 Å². The molecule has 4 aromatic rings. The first-order valence-electron chi connectivity index (χ1n) is 10.4. The Morgan fingerprint density at radius 3 is 1.21 bits per heavy atom. The molecular formula is C28H24O5. The third kappa shape index (κ3) is 6.46. The van der Waals surface area contributed by atoms with Crippen LogP contribution in [0.15, 0.2) is 115 Å². The molecule has 0 aliphatic carbocycles. The van der Waals surface area contributed by atoms with Crippen LogP contribution in [0.3, 0.4) is 0 Å². The predicted octanol–water partition coefficient (Wildman–Crippen LogP) is 4.91. The lowest BCUT2D eigenvalue weighted by Gasteiger charge is -2.09. The second-order valence-corrected chi connectivity index (χ2v) is 7.27. The zero-order valence-electron chi connectivity index (χ0n) is 17.8. The molecule has 33 heavy (non-hydrogen) atoms. The normalized spacial score (nSPS) is 12.1. The first kappa shape index (κ1) is 23.6. The SMILES string of the molecule is O=C(c1ccc(O)cc1)C(O)c1ccccc1.O=C(c1ccccc1)C(O)c1ccccc1. The quantitative estimate of drug-likeness (QED) is 0.370. The lowest BCUT2D eigenvalue weighted by molar-refractivity contribution is 0.0743. The van der Waals surface area contributed by atoms with Gasteiger partial charge in [-0.2, -0.15) is 0 Å². The van der Waals surface area contributed by atoms with Gasteiger partial charge in [0.1, 0.15) is 18.0 Å². The third-order valence-electron chi connectivity index (χ3n) is 4.94. The third-order valence-corrected chi connectivity index (χ3v) is 4.94. The average Bonchev–Trinajstić information content (AvgIpc) is 2.89. The molecule has 3 N–H and O–H groups in total. The molecule has 166 valence electrons. The smallest absolute Gasteiger partial charge is 0.195 e. The molecular weight excluding hydrogens is 416 g/mol. The summed E-state index contributed by atoms with van der Waals surface area (Å²) in [5.74, 6) is -0.557. The fraction of sp³-hybridized carbons (Fsp3) is 0.0714. The summed E-state index contributed by atoms with van der Waals surface area (Å²) in [6.07, 6.45) is -2.25. The Kier molecular flexibility index (Phi) is 8.24. The van der Waals surface area contributed by atoms with E-state index in [1.807, 2.05) is 18.2 Å². The van der Waals surface area contributed by atoms with Crippen LogP contribution in [0, 0.1) is 0 Å². The van der Waals surface area contributed by atoms with E-state index < -0.39 is 12.2 Å². The summed E-state index contributed by atoms with van der Waals surface area (Å²) < 4.78 is 0. The van der Waals surface area contributed by atoms with E-state index in [0.29, 0.717) is 22.3 Å². The number of carbonyl (C=O) groups is 2. The molecule has 5 nitrogen and oxygen atoms in total. The van der Waals surface area contributed by atoms with Crippen LogP contribution in [0.2, 0.25) is 0 Å². The number of rotatable bonds is 6. The summed E-state index contributed by atoms with van der Waals surface area (Å²) in [7, 11) is 0. The van der Waals surface area contributed by atoms with Crippen molar-refractivity contribution in [1.29, 1.82) is 0 Å². The minimum absolute atomic E-state index is 0.0933. The highest BCUT2D eigenvalue weighted by molar-refractivity contribution is 6.00. The van der Waals surface area contributed by atoms with Crippen molar-refractivity contribution in [3.63, 3.8) is 0 Å². The Morgan fingerprint density at radius 2 is 0.818 bits per heavy atom. The summed E-state index contributed by atoms with van der Waals surface area (Å²) in [6, 6.07) is 32.3. The van der Waals surface area contributed by atoms with Crippen molar-refractivity contribution in [3.05, 3.63) is 138 Å². The molecule has 0 radical (unpaired) electrons. The Hall–Kier alpha value is -4.06. The summed E-state index contributed by atoms with van der Waals surface area (Å²) in [5.41, 5.74) is 2.08. The van der Waals surface area contributed by atoms with E-state index in [1.165, 1.54) is 24.3 Å². The van der Waals surface area contributed by atoms with Crippen molar-refractivity contribution in [2.75, 3.05) is 0 Å². The highest BCUT2D eigenvalue weighted by Gasteiger charge is 2.19. The number of carbonyl (C=O) groups excluding carboxylic acids is 2. The number of benzene rings is 4. The van der Waals surface area contributed by atoms with Crippen molar-refractivity contribution in [2.45, 2.75) is 12.2 Å². The predicted molar refractivity (Wildman–Crippen MR) is 126 cm³/mol. The van der Waals surface area contributed by atoms with Gasteiger partial charge in [-0.3, -0.25) is 9.59 Å². The number of aromatic hydroxyl groups is 1. The van der Waals surface area contributed by atoms with Gasteiger partial charge in [-0.05, 0) is 35.4 Å². The number of Topliss-reactive ketones (excluding diaryl/α,β-unsaturated/α-hetero) is 2. The fourth-order valence-corrected chi connectivity index (χ4v) is 3.12. The van der Waals surface area contributed by atoms with Gasteiger partial charge in [0.25, 0.3) is 0 Å². The van der Waals surface area contributed by atoms with Gasteiger partial charge in [0.2, 0.25) is 0 Å². The minimum Gasteiger partial charge on any atom is -0.508 e. The van der Waals surface area contributed by atoms with Crippen LogP contribution in [-0.4, -0.2) is 26.9 Å². The largest absolute Gasteiger partial charge is 0.508 e. The van der Waals surface area contributed by atoms with E-state index in [1.54, 1.807) is 72.8 Å². The number of phenolic OH excluding ortho intramolecular Hbond substituents is 1. The number of aliphatic hydroxyl groups is 2. The molecule has 0 spiro atoms. The fourth-order valence-electron chi connectivity index (χ4n) is 3.12. The van der Waals surface area contributed by atoms with Crippen molar-refractivity contribution < 1.29 is 24.9 Å². The van der Waals surface area contributed by atoms with E-state index in [-0.39, 0.29) is 17.3 Å². The first-order chi connectivity index (χ1) is 16.0. The molecule has 0 aromatic heterocycles. The van der Waals surface area contributed by atoms with Crippen LogP contribution < -0.4 is 0 Å². The van der Waals surface area contributed by atoms with Crippen molar-refractivity contribution in [1.82, 2.24) is 0 Å². The molecule has 0 aliphatic rings. The van der Waals surface area contributed by atoms with Gasteiger partial charge >= 0.3 is 0 Å². The maximum atomic E-state index is 11.9. The highest BCUT2D eigenvalue weighted by atomic mass is 16.3. The average molecular weight is 440 g/mol. The van der Waals surface area contributed by atoms with Gasteiger partial charge < -0.3 is 15.3 Å². The molecule has 0 amide bonds. The Morgan fingerprint density at radius 1 is 0.485 bits per heavy atom. The van der Waals surface area contributed by atoms with Crippen LogP contribution >= 0.6 is 0 Å². The van der Waals surface area contributed by atoms with Crippen LogP contribution in [-0.2, 0) is 0 Å². The zero-order valence-corrected chi connectivity index (χ0v) is 17.8. The van der Waals surface area contributed by atoms with Crippen LogP contribution in [0.1, 0.15) is 44.1 Å². The van der Waals surface area contributed by atoms with Gasteiger partial charge in [0.05, 0.1) is 0 Å². The lowest BCUT2D eigenvalue weighted by atomic mass is 10.00. The molecule has 0 saturated heterocycles. The number of phenols is 1. The molecule has 0 saturated carbocycles. The monoisotopic (exact) mass is 440 g/mol. The second kappa shape index (κ2) is 11.5. The van der Waals surface area contributed by atoms with Gasteiger partial charge in [-0.25, -0.2) is 0 Å². The number of hydrogen-bond donors (Lipinski definition) is 3. The number of ketones is 2. The molecule has 4 aromatic carbocycles. The van der Waals surface area contributed by atoms with Crippen molar-refractivity contribution in [2.24, 2.45) is 0 Å². The molecule has 5 heteroatoms. The van der Waals surface area contributed by atoms with E-state index in [4.69, 9.17) is 5.11 Å². The Bertz CT molecular complexity index is 1160. The highest BCUT2D eigenvalue weighted by Crippen LogP contribution is 2.20. The molecule has 0 fully saturated rings. The van der Waals surface area contributed by atoms with Crippen LogP contribution in [0.25, 0.3) is 0 Å². The zero-order chi connectivity index (χ0) is 23.6. The van der Waals surface area contributed by atoms with Gasteiger partial charge in [-0.1, -0.05) is 91.0 Å². The topological polar surface area (TPSA) is 94.8 Å². The summed E-state index contributed by atoms with van der Waals surface area (Å²) in [5, 5.41) is 28.9. The second-order valence-electron chi connectivity index (χ2n) is 7.27. The van der Waals surface area contributed by atoms with Gasteiger partial charge in [-0.15, -0.1) is 0 Å². The Balaban J connectivity index is 0.000000186. The van der Waals surface area contributed by atoms with Gasteiger partial charge in [0, 0.05) is 11.1 Å². The van der Waals surface area contributed by atoms with Crippen molar-refractivity contribution >= 4 is 11.6 Å². The Labute approximate surface area is 192 Å². The van der Waals surface area contributed by atoms with Crippen molar-refractivity contribution in [3.8, 4) is 5.75 Å². The summed E-state index contributed by atoms with van der Waals surface area (Å²) in [4.78, 5) is 23.8. The van der Waals surface area contributed by atoms with E-state index >= 15 is 0 Å². The number of hydrogen-bond acceptors (Lipinski definition) is 5. The minimum atomic E-state index is -1.17. The molecule has 0 heterocycles. The number of aliphatic hydroxyl groups excluding tert-OH is 2. The first-order valence-corrected chi connectivity index (χ1v) is 10.4. The van der Waals surface area contributed by atoms with Crippen LogP contribution in [0.5, 0.6) is 5.75 Å². The molecule has 0 bridgehead atoms. The van der Waals surface area contributed by atoms with E-state index in [9.17, 15) is 19.8 Å². The lowest BCUT2D eigenvalue weighted by Crippen LogP contribution is -2.11.